The van der Waals surface area contributed by atoms with Crippen LogP contribution >= 0.6 is 11.3 Å². The number of rotatable bonds is 6. The summed E-state index contributed by atoms with van der Waals surface area (Å²) in [7, 11) is 2.11. The first-order valence-corrected chi connectivity index (χ1v) is 7.52. The first-order chi connectivity index (χ1) is 9.24. The molecular weight excluding hydrogens is 254 g/mol. The van der Waals surface area contributed by atoms with E-state index in [0.29, 0.717) is 6.04 Å². The van der Waals surface area contributed by atoms with Gasteiger partial charge in [-0.15, -0.1) is 11.3 Å². The molecule has 0 saturated carbocycles. The molecule has 2 rings (SSSR count). The Morgan fingerprint density at radius 1 is 1.37 bits per heavy atom. The van der Waals surface area contributed by atoms with Gasteiger partial charge in [-0.3, -0.25) is 0 Å². The second-order valence-corrected chi connectivity index (χ2v) is 5.55. The van der Waals surface area contributed by atoms with Gasteiger partial charge in [0, 0.05) is 30.2 Å². The highest BCUT2D eigenvalue weighted by Gasteiger charge is 2.16. The lowest BCUT2D eigenvalue weighted by Crippen LogP contribution is -2.24. The van der Waals surface area contributed by atoms with Crippen molar-refractivity contribution < 1.29 is 0 Å². The van der Waals surface area contributed by atoms with Crippen LogP contribution in [0.1, 0.15) is 30.3 Å². The summed E-state index contributed by atoms with van der Waals surface area (Å²) < 4.78 is 0. The Kier molecular flexibility index (Phi) is 4.93. The van der Waals surface area contributed by atoms with E-state index in [4.69, 9.17) is 0 Å². The van der Waals surface area contributed by atoms with Crippen molar-refractivity contribution in [1.29, 1.82) is 0 Å². The smallest absolute Gasteiger partial charge is 0.133 e. The first kappa shape index (κ1) is 14.0. The quantitative estimate of drug-likeness (QED) is 0.875. The van der Waals surface area contributed by atoms with Crippen LogP contribution in [0.4, 0.5) is 5.82 Å². The fourth-order valence-corrected chi connectivity index (χ4v) is 2.88. The summed E-state index contributed by atoms with van der Waals surface area (Å²) in [6.45, 7) is 6.17. The van der Waals surface area contributed by atoms with Gasteiger partial charge in [0.25, 0.3) is 0 Å². The van der Waals surface area contributed by atoms with Crippen LogP contribution in [0, 0.1) is 0 Å². The minimum Gasteiger partial charge on any atom is -0.352 e. The zero-order valence-electron chi connectivity index (χ0n) is 11.8. The summed E-state index contributed by atoms with van der Waals surface area (Å²) in [5, 5.41) is 5.49. The molecule has 1 atom stereocenters. The van der Waals surface area contributed by atoms with Gasteiger partial charge in [0.15, 0.2) is 0 Å². The molecular formula is C15H21N3S. The van der Waals surface area contributed by atoms with E-state index < -0.39 is 0 Å². The Labute approximate surface area is 119 Å². The molecule has 0 aliphatic rings. The normalized spacial score (nSPS) is 12.4. The lowest BCUT2D eigenvalue weighted by Gasteiger charge is -2.27. The van der Waals surface area contributed by atoms with Crippen LogP contribution < -0.4 is 10.2 Å². The minimum absolute atomic E-state index is 0.343. The van der Waals surface area contributed by atoms with Crippen molar-refractivity contribution in [2.45, 2.75) is 26.4 Å². The predicted octanol–water partition coefficient (Wildman–Crippen LogP) is 3.45. The maximum absolute atomic E-state index is 4.55. The van der Waals surface area contributed by atoms with E-state index in [-0.39, 0.29) is 0 Å². The highest BCUT2D eigenvalue weighted by Crippen LogP contribution is 2.28. The van der Waals surface area contributed by atoms with E-state index in [0.717, 1.165) is 18.9 Å². The van der Waals surface area contributed by atoms with Crippen LogP contribution in [0.2, 0.25) is 0 Å². The Morgan fingerprint density at radius 3 is 2.89 bits per heavy atom. The highest BCUT2D eigenvalue weighted by atomic mass is 32.1. The standard InChI is InChI=1S/C15H21N3S/c1-4-16-11-13-7-5-9-17-15(13)18(3)12(2)14-8-6-10-19-14/h5-10,12,16H,4,11H2,1-3H3. The lowest BCUT2D eigenvalue weighted by atomic mass is 10.2. The van der Waals surface area contributed by atoms with Crippen LogP contribution in [-0.4, -0.2) is 18.6 Å². The van der Waals surface area contributed by atoms with Gasteiger partial charge in [-0.1, -0.05) is 19.1 Å². The van der Waals surface area contributed by atoms with Gasteiger partial charge in [0.05, 0.1) is 6.04 Å². The molecule has 3 nitrogen and oxygen atoms in total. The van der Waals surface area contributed by atoms with Crippen molar-refractivity contribution in [3.63, 3.8) is 0 Å². The van der Waals surface area contributed by atoms with Gasteiger partial charge in [-0.05, 0) is 31.0 Å². The molecule has 0 fully saturated rings. The molecule has 0 aromatic carbocycles. The Hall–Kier alpha value is -1.39. The zero-order chi connectivity index (χ0) is 13.7. The molecule has 0 radical (unpaired) electrons. The van der Waals surface area contributed by atoms with Crippen LogP contribution in [0.5, 0.6) is 0 Å². The van der Waals surface area contributed by atoms with Gasteiger partial charge in [0.1, 0.15) is 5.82 Å². The van der Waals surface area contributed by atoms with Crippen LogP contribution in [-0.2, 0) is 6.54 Å². The van der Waals surface area contributed by atoms with E-state index >= 15 is 0 Å². The second-order valence-electron chi connectivity index (χ2n) is 4.57. The van der Waals surface area contributed by atoms with E-state index in [2.05, 4.69) is 59.7 Å². The Balaban J connectivity index is 2.20. The fourth-order valence-electron chi connectivity index (χ4n) is 2.05. The van der Waals surface area contributed by atoms with Crippen molar-refractivity contribution in [1.82, 2.24) is 10.3 Å². The molecule has 0 saturated heterocycles. The van der Waals surface area contributed by atoms with Crippen LogP contribution in [0.25, 0.3) is 0 Å². The van der Waals surface area contributed by atoms with Gasteiger partial charge in [0.2, 0.25) is 0 Å². The van der Waals surface area contributed by atoms with Crippen molar-refractivity contribution in [3.8, 4) is 0 Å². The van der Waals surface area contributed by atoms with Crippen LogP contribution in [0.15, 0.2) is 35.8 Å². The average molecular weight is 275 g/mol. The third-order valence-corrected chi connectivity index (χ3v) is 4.35. The molecule has 0 spiro atoms. The lowest BCUT2D eigenvalue weighted by molar-refractivity contribution is 0.700. The maximum atomic E-state index is 4.55. The third kappa shape index (κ3) is 3.33. The van der Waals surface area contributed by atoms with Crippen molar-refractivity contribution in [3.05, 3.63) is 46.3 Å². The summed E-state index contributed by atoms with van der Waals surface area (Å²) in [6, 6.07) is 8.76. The van der Waals surface area contributed by atoms with Gasteiger partial charge < -0.3 is 10.2 Å². The molecule has 1 unspecified atom stereocenters. The third-order valence-electron chi connectivity index (χ3n) is 3.30. The van der Waals surface area contributed by atoms with Gasteiger partial charge in [-0.2, -0.15) is 0 Å². The largest absolute Gasteiger partial charge is 0.352 e. The number of anilines is 1. The van der Waals surface area contributed by atoms with Crippen molar-refractivity contribution in [2.75, 3.05) is 18.5 Å². The van der Waals surface area contributed by atoms with Crippen molar-refractivity contribution >= 4 is 17.2 Å². The molecule has 0 aliphatic carbocycles. The molecule has 0 aliphatic heterocycles. The molecule has 0 bridgehead atoms. The monoisotopic (exact) mass is 275 g/mol. The Bertz CT molecular complexity index is 496. The average Bonchev–Trinajstić information content (AvgIpc) is 2.98. The van der Waals surface area contributed by atoms with Gasteiger partial charge >= 0.3 is 0 Å². The van der Waals surface area contributed by atoms with E-state index in [9.17, 15) is 0 Å². The molecule has 2 aromatic rings. The number of aromatic nitrogens is 1. The summed E-state index contributed by atoms with van der Waals surface area (Å²) in [5.74, 6) is 1.06. The molecule has 4 heteroatoms. The minimum atomic E-state index is 0.343. The van der Waals surface area contributed by atoms with E-state index in [1.165, 1.54) is 10.4 Å². The molecule has 1 N–H and O–H groups in total. The number of thiophene rings is 1. The predicted molar refractivity (Wildman–Crippen MR) is 82.8 cm³/mol. The second kappa shape index (κ2) is 6.68. The van der Waals surface area contributed by atoms with E-state index in [1.807, 2.05) is 12.3 Å². The molecule has 19 heavy (non-hydrogen) atoms. The first-order valence-electron chi connectivity index (χ1n) is 6.65. The fraction of sp³-hybridized carbons (Fsp3) is 0.400. The number of hydrogen-bond acceptors (Lipinski definition) is 4. The summed E-state index contributed by atoms with van der Waals surface area (Å²) in [6.07, 6.45) is 1.86. The molecule has 102 valence electrons. The number of hydrogen-bond donors (Lipinski definition) is 1. The SMILES string of the molecule is CCNCc1cccnc1N(C)C(C)c1cccs1. The maximum Gasteiger partial charge on any atom is 0.133 e. The van der Waals surface area contributed by atoms with Crippen molar-refractivity contribution in [2.24, 2.45) is 0 Å². The zero-order valence-corrected chi connectivity index (χ0v) is 12.6. The number of nitrogens with one attached hydrogen (secondary N) is 1. The summed E-state index contributed by atoms with van der Waals surface area (Å²) in [5.41, 5.74) is 1.25. The van der Waals surface area contributed by atoms with Gasteiger partial charge in [-0.25, -0.2) is 4.98 Å². The van der Waals surface area contributed by atoms with Crippen LogP contribution in [0.3, 0.4) is 0 Å². The summed E-state index contributed by atoms with van der Waals surface area (Å²) >= 11 is 1.79. The number of pyridine rings is 1. The Morgan fingerprint density at radius 2 is 2.21 bits per heavy atom. The molecule has 2 heterocycles. The molecule has 2 aromatic heterocycles. The highest BCUT2D eigenvalue weighted by molar-refractivity contribution is 7.10. The topological polar surface area (TPSA) is 28.2 Å². The molecule has 0 amide bonds. The van der Waals surface area contributed by atoms with E-state index in [1.54, 1.807) is 11.3 Å². The number of nitrogens with zero attached hydrogens (tertiary/aromatic N) is 2. The summed E-state index contributed by atoms with van der Waals surface area (Å²) in [4.78, 5) is 8.17.